The molecule has 2 saturated heterocycles. The number of aromatic nitrogens is 3. The summed E-state index contributed by atoms with van der Waals surface area (Å²) in [5, 5.41) is 32.1. The Labute approximate surface area is 208 Å². The van der Waals surface area contributed by atoms with Crippen LogP contribution in [-0.4, -0.2) is 73.1 Å². The van der Waals surface area contributed by atoms with Crippen LogP contribution in [-0.2, 0) is 9.53 Å². The van der Waals surface area contributed by atoms with E-state index in [1.54, 1.807) is 0 Å². The Balaban J connectivity index is 1.37. The normalized spacial score (nSPS) is 22.1. The molecule has 5 heterocycles. The summed E-state index contributed by atoms with van der Waals surface area (Å²) >= 11 is 0. The molecule has 3 fully saturated rings. The van der Waals surface area contributed by atoms with Crippen LogP contribution in [0.4, 0.5) is 5.82 Å². The standard InChI is InChI=1S/C26H31N5O5/c1-15-5-21(17-3-4-36-12-17)29-24(6-15)31-11-20(19-10-27-23(7-22(19)31)28-16(2)32)18-8-25(9-18)13-30(14-25)26(33,34)35/h5-7,10-11,17-18,33-35H,3-4,8-9,12-14H2,1-2H3,(H,27,28,32). The van der Waals surface area contributed by atoms with Crippen LogP contribution in [0.15, 0.2) is 30.6 Å². The summed E-state index contributed by atoms with van der Waals surface area (Å²) in [6.45, 7) is 5.86. The molecule has 0 bridgehead atoms. The zero-order chi connectivity index (χ0) is 25.2. The number of carbonyl (C=O) groups excluding carboxylic acids is 1. The largest absolute Gasteiger partial charge is 0.381 e. The van der Waals surface area contributed by atoms with E-state index in [0.717, 1.165) is 59.4 Å². The molecule has 3 aliphatic rings. The van der Waals surface area contributed by atoms with Gasteiger partial charge in [0.15, 0.2) is 0 Å². The van der Waals surface area contributed by atoms with Crippen LogP contribution in [0, 0.1) is 12.3 Å². The molecular weight excluding hydrogens is 462 g/mol. The van der Waals surface area contributed by atoms with Gasteiger partial charge in [0.1, 0.15) is 11.6 Å². The Morgan fingerprint density at radius 1 is 1.19 bits per heavy atom. The van der Waals surface area contributed by atoms with Crippen LogP contribution >= 0.6 is 0 Å². The summed E-state index contributed by atoms with van der Waals surface area (Å²) < 4.78 is 7.68. The van der Waals surface area contributed by atoms with Crippen molar-refractivity contribution in [1.29, 1.82) is 0 Å². The average molecular weight is 494 g/mol. The van der Waals surface area contributed by atoms with Crippen molar-refractivity contribution in [3.05, 3.63) is 47.4 Å². The van der Waals surface area contributed by atoms with Crippen molar-refractivity contribution in [2.75, 3.05) is 31.6 Å². The number of nitrogens with zero attached hydrogens (tertiary/aromatic N) is 4. The van der Waals surface area contributed by atoms with Gasteiger partial charge < -0.3 is 29.9 Å². The lowest BCUT2D eigenvalue weighted by Gasteiger charge is -2.60. The fourth-order valence-electron chi connectivity index (χ4n) is 6.12. The van der Waals surface area contributed by atoms with Gasteiger partial charge in [-0.1, -0.05) is 0 Å². The van der Waals surface area contributed by atoms with Gasteiger partial charge in [0.05, 0.1) is 12.1 Å². The number of likely N-dealkylation sites (tertiary alicyclic amines) is 1. The molecule has 1 aliphatic carbocycles. The first kappa shape index (κ1) is 23.5. The molecular formula is C26H31N5O5. The highest BCUT2D eigenvalue weighted by Crippen LogP contribution is 2.58. The lowest BCUT2D eigenvalue weighted by atomic mass is 9.56. The summed E-state index contributed by atoms with van der Waals surface area (Å²) in [5.74, 6) is 1.69. The smallest absolute Gasteiger partial charge is 0.345 e. The van der Waals surface area contributed by atoms with E-state index in [9.17, 15) is 20.1 Å². The molecule has 4 N–H and O–H groups in total. The number of aryl methyl sites for hydroxylation is 1. The van der Waals surface area contributed by atoms with E-state index in [0.29, 0.717) is 25.5 Å². The maximum absolute atomic E-state index is 11.7. The second-order valence-corrected chi connectivity index (χ2v) is 10.8. The minimum atomic E-state index is -2.75. The zero-order valence-electron chi connectivity index (χ0n) is 20.4. The topological polar surface area (TPSA) is 133 Å². The Hall–Kier alpha value is -2.89. The average Bonchev–Trinajstić information content (AvgIpc) is 3.38. The van der Waals surface area contributed by atoms with E-state index in [1.165, 1.54) is 11.8 Å². The van der Waals surface area contributed by atoms with Crippen molar-refractivity contribution in [2.24, 2.45) is 5.41 Å². The summed E-state index contributed by atoms with van der Waals surface area (Å²) in [7, 11) is 0. The van der Waals surface area contributed by atoms with Crippen LogP contribution in [0.5, 0.6) is 0 Å². The molecule has 1 atom stereocenters. The molecule has 1 spiro atoms. The lowest BCUT2D eigenvalue weighted by Crippen LogP contribution is -2.68. The SMILES string of the molecule is CC(=O)Nc1cc2c(cn1)c(C1CC3(C1)CN(C(O)(O)O)C3)cn2-c1cc(C)cc(C2CCOC2)n1. The summed E-state index contributed by atoms with van der Waals surface area (Å²) in [4.78, 5) is 22.4. The molecule has 36 heavy (non-hydrogen) atoms. The summed E-state index contributed by atoms with van der Waals surface area (Å²) in [5.41, 5.74) is 4.22. The van der Waals surface area contributed by atoms with Gasteiger partial charge in [0.25, 0.3) is 0 Å². The second kappa shape index (κ2) is 8.32. The van der Waals surface area contributed by atoms with Crippen LogP contribution < -0.4 is 5.32 Å². The number of carbonyl (C=O) groups is 1. The number of anilines is 1. The molecule has 10 nitrogen and oxygen atoms in total. The van der Waals surface area contributed by atoms with Gasteiger partial charge in [0, 0.05) is 62.1 Å². The highest BCUT2D eigenvalue weighted by Gasteiger charge is 2.57. The number of ether oxygens (including phenoxy) is 1. The number of rotatable bonds is 5. The molecule has 2 aliphatic heterocycles. The predicted octanol–water partition coefficient (Wildman–Crippen LogP) is 1.96. The minimum absolute atomic E-state index is 0.0146. The Kier molecular flexibility index (Phi) is 5.43. The van der Waals surface area contributed by atoms with Gasteiger partial charge in [-0.2, -0.15) is 0 Å². The molecule has 3 aromatic rings. The predicted molar refractivity (Wildman–Crippen MR) is 131 cm³/mol. The molecule has 190 valence electrons. The van der Waals surface area contributed by atoms with Gasteiger partial charge in [-0.3, -0.25) is 4.79 Å². The number of amides is 1. The first-order valence-electron chi connectivity index (χ1n) is 12.4. The van der Waals surface area contributed by atoms with Crippen LogP contribution in [0.1, 0.15) is 54.8 Å². The van der Waals surface area contributed by atoms with Gasteiger partial charge in [0.2, 0.25) is 5.91 Å². The molecule has 1 amide bonds. The Bertz CT molecular complexity index is 1330. The van der Waals surface area contributed by atoms with Crippen LogP contribution in [0.25, 0.3) is 16.7 Å². The number of fused-ring (bicyclic) bond motifs is 1. The van der Waals surface area contributed by atoms with Gasteiger partial charge in [-0.25, -0.2) is 14.9 Å². The van der Waals surface area contributed by atoms with Crippen molar-refractivity contribution in [1.82, 2.24) is 19.4 Å². The third-order valence-corrected chi connectivity index (χ3v) is 7.87. The lowest BCUT2D eigenvalue weighted by molar-refractivity contribution is -0.422. The third-order valence-electron chi connectivity index (χ3n) is 7.87. The van der Waals surface area contributed by atoms with E-state index >= 15 is 0 Å². The highest BCUT2D eigenvalue weighted by molar-refractivity contribution is 5.92. The highest BCUT2D eigenvalue weighted by atomic mass is 16.7. The van der Waals surface area contributed by atoms with Gasteiger partial charge >= 0.3 is 6.10 Å². The molecule has 0 radical (unpaired) electrons. The second-order valence-electron chi connectivity index (χ2n) is 10.8. The van der Waals surface area contributed by atoms with Crippen molar-refractivity contribution in [2.45, 2.75) is 51.0 Å². The Morgan fingerprint density at radius 3 is 2.64 bits per heavy atom. The van der Waals surface area contributed by atoms with Crippen LogP contribution in [0.2, 0.25) is 0 Å². The van der Waals surface area contributed by atoms with E-state index in [1.807, 2.05) is 12.3 Å². The molecule has 1 unspecified atom stereocenters. The maximum atomic E-state index is 11.7. The zero-order valence-corrected chi connectivity index (χ0v) is 20.4. The van der Waals surface area contributed by atoms with Crippen molar-refractivity contribution < 1.29 is 24.9 Å². The monoisotopic (exact) mass is 493 g/mol. The molecule has 0 aromatic carbocycles. The quantitative estimate of drug-likeness (QED) is 0.397. The van der Waals surface area contributed by atoms with Crippen molar-refractivity contribution in [3.8, 4) is 5.82 Å². The number of aliphatic hydroxyl groups is 3. The fourth-order valence-corrected chi connectivity index (χ4v) is 6.12. The summed E-state index contributed by atoms with van der Waals surface area (Å²) in [6, 6.07) is 6.08. The van der Waals surface area contributed by atoms with E-state index in [4.69, 9.17) is 9.72 Å². The van der Waals surface area contributed by atoms with E-state index < -0.39 is 6.10 Å². The first-order chi connectivity index (χ1) is 17.1. The van der Waals surface area contributed by atoms with E-state index in [2.05, 4.69) is 40.1 Å². The fraction of sp³-hybridized carbons (Fsp3) is 0.500. The van der Waals surface area contributed by atoms with Crippen molar-refractivity contribution >= 4 is 22.6 Å². The molecule has 6 rings (SSSR count). The molecule has 10 heteroatoms. The Morgan fingerprint density at radius 2 is 1.97 bits per heavy atom. The number of nitrogens with one attached hydrogen (secondary N) is 1. The number of hydrogen-bond donors (Lipinski definition) is 4. The van der Waals surface area contributed by atoms with E-state index in [-0.39, 0.29) is 23.2 Å². The van der Waals surface area contributed by atoms with Gasteiger partial charge in [-0.05, 0) is 60.8 Å². The maximum Gasteiger partial charge on any atom is 0.345 e. The van der Waals surface area contributed by atoms with Crippen LogP contribution in [0.3, 0.4) is 0 Å². The third kappa shape index (κ3) is 4.08. The minimum Gasteiger partial charge on any atom is -0.381 e. The summed E-state index contributed by atoms with van der Waals surface area (Å²) in [6.07, 6.45) is 3.92. The van der Waals surface area contributed by atoms with Crippen molar-refractivity contribution in [3.63, 3.8) is 0 Å². The molecule has 3 aromatic heterocycles. The number of hydrogen-bond acceptors (Lipinski definition) is 8. The number of pyridine rings is 2. The van der Waals surface area contributed by atoms with Gasteiger partial charge in [-0.15, -0.1) is 0 Å². The first-order valence-corrected chi connectivity index (χ1v) is 12.4. The molecule has 1 saturated carbocycles.